The van der Waals surface area contributed by atoms with Crippen molar-refractivity contribution in [1.82, 2.24) is 0 Å². The van der Waals surface area contributed by atoms with Gasteiger partial charge in [0.05, 0.1) is 22.2 Å². The highest BCUT2D eigenvalue weighted by Gasteiger charge is 2.13. The number of esters is 1. The Balaban J connectivity index is 1.53. The second-order valence-electron chi connectivity index (χ2n) is 6.48. The number of para-hydroxylation sites is 2. The van der Waals surface area contributed by atoms with Crippen LogP contribution in [0.3, 0.4) is 0 Å². The van der Waals surface area contributed by atoms with Crippen molar-refractivity contribution in [2.24, 2.45) is 0 Å². The van der Waals surface area contributed by atoms with Crippen LogP contribution in [0.15, 0.2) is 82.0 Å². The number of hydrogen-bond acceptors (Lipinski definition) is 5. The zero-order chi connectivity index (χ0) is 21.1. The summed E-state index contributed by atoms with van der Waals surface area (Å²) < 4.78 is 10.6. The fourth-order valence-corrected chi connectivity index (χ4v) is 3.47. The molecule has 0 bridgehead atoms. The van der Waals surface area contributed by atoms with Gasteiger partial charge in [-0.05, 0) is 42.0 Å². The predicted molar refractivity (Wildman–Crippen MR) is 118 cm³/mol. The van der Waals surface area contributed by atoms with E-state index in [1.165, 1.54) is 12.1 Å². The highest BCUT2D eigenvalue weighted by Crippen LogP contribution is 2.33. The van der Waals surface area contributed by atoms with Crippen LogP contribution >= 0.6 is 23.2 Å². The van der Waals surface area contributed by atoms with Gasteiger partial charge in [-0.2, -0.15) is 0 Å². The van der Waals surface area contributed by atoms with Crippen LogP contribution in [0, 0.1) is 0 Å². The lowest BCUT2D eigenvalue weighted by Gasteiger charge is -2.14. The van der Waals surface area contributed by atoms with Crippen LogP contribution in [-0.4, -0.2) is 5.97 Å². The van der Waals surface area contributed by atoms with E-state index in [1.807, 2.05) is 24.3 Å². The third kappa shape index (κ3) is 4.48. The van der Waals surface area contributed by atoms with Crippen molar-refractivity contribution in [2.45, 2.75) is 6.42 Å². The third-order valence-electron chi connectivity index (χ3n) is 4.40. The molecule has 7 heteroatoms. The van der Waals surface area contributed by atoms with E-state index in [1.54, 1.807) is 36.4 Å². The number of halogens is 2. The number of carbonyl (C=O) groups excluding carboxylic acids is 1. The number of benzene rings is 3. The molecule has 3 aromatic carbocycles. The zero-order valence-corrected chi connectivity index (χ0v) is 17.0. The summed E-state index contributed by atoms with van der Waals surface area (Å²) in [5, 5.41) is 4.86. The first-order valence-electron chi connectivity index (χ1n) is 9.03. The summed E-state index contributed by atoms with van der Waals surface area (Å²) in [6.07, 6.45) is 0.0159. The zero-order valence-electron chi connectivity index (χ0n) is 15.5. The lowest BCUT2D eigenvalue weighted by Crippen LogP contribution is -2.12. The number of rotatable bonds is 5. The lowest BCUT2D eigenvalue weighted by atomic mass is 10.1. The highest BCUT2D eigenvalue weighted by atomic mass is 35.5. The standard InChI is InChI=1S/C23H15Cl2NO4/c24-17-5-3-6-18(25)23(17)26-19-7-2-1-4-15(19)12-22(28)29-16-10-8-14-9-11-21(27)30-20(14)13-16/h1-11,13,26H,12H2. The van der Waals surface area contributed by atoms with E-state index >= 15 is 0 Å². The van der Waals surface area contributed by atoms with Gasteiger partial charge in [0.25, 0.3) is 0 Å². The van der Waals surface area contributed by atoms with Gasteiger partial charge < -0.3 is 14.5 Å². The van der Waals surface area contributed by atoms with Crippen molar-refractivity contribution in [2.75, 3.05) is 5.32 Å². The molecule has 0 amide bonds. The first-order chi connectivity index (χ1) is 14.5. The van der Waals surface area contributed by atoms with Crippen LogP contribution < -0.4 is 15.7 Å². The second-order valence-corrected chi connectivity index (χ2v) is 7.30. The van der Waals surface area contributed by atoms with Crippen LogP contribution in [0.1, 0.15) is 5.56 Å². The van der Waals surface area contributed by atoms with Crippen molar-refractivity contribution in [3.63, 3.8) is 0 Å². The summed E-state index contributed by atoms with van der Waals surface area (Å²) >= 11 is 12.5. The Kier molecular flexibility index (Phi) is 5.74. The number of carbonyl (C=O) groups is 1. The SMILES string of the molecule is O=C(Cc1ccccc1Nc1c(Cl)cccc1Cl)Oc1ccc2ccc(=O)oc2c1. The molecule has 4 aromatic rings. The average Bonchev–Trinajstić information content (AvgIpc) is 2.71. The minimum Gasteiger partial charge on any atom is -0.426 e. The Morgan fingerprint density at radius 3 is 2.47 bits per heavy atom. The van der Waals surface area contributed by atoms with Crippen molar-refractivity contribution < 1.29 is 13.9 Å². The molecular weight excluding hydrogens is 425 g/mol. The molecule has 0 spiro atoms. The molecule has 150 valence electrons. The van der Waals surface area contributed by atoms with Crippen LogP contribution in [0.5, 0.6) is 5.75 Å². The van der Waals surface area contributed by atoms with Crippen molar-refractivity contribution in [3.05, 3.63) is 98.8 Å². The Morgan fingerprint density at radius 1 is 0.933 bits per heavy atom. The molecule has 0 unspecified atom stereocenters. The highest BCUT2D eigenvalue weighted by molar-refractivity contribution is 6.39. The smallest absolute Gasteiger partial charge is 0.336 e. The van der Waals surface area contributed by atoms with E-state index in [2.05, 4.69) is 5.32 Å². The van der Waals surface area contributed by atoms with Gasteiger partial charge in [0.2, 0.25) is 0 Å². The summed E-state index contributed by atoms with van der Waals surface area (Å²) in [5.41, 5.74) is 1.85. The minimum atomic E-state index is -0.468. The Hall–Kier alpha value is -3.28. The van der Waals surface area contributed by atoms with Gasteiger partial charge in [-0.15, -0.1) is 0 Å². The molecule has 1 N–H and O–H groups in total. The van der Waals surface area contributed by atoms with Crippen molar-refractivity contribution in [1.29, 1.82) is 0 Å². The summed E-state index contributed by atoms with van der Waals surface area (Å²) in [7, 11) is 0. The van der Waals surface area contributed by atoms with Crippen LogP contribution in [0.25, 0.3) is 11.0 Å². The summed E-state index contributed by atoms with van der Waals surface area (Å²) in [6.45, 7) is 0. The van der Waals surface area contributed by atoms with E-state index < -0.39 is 11.6 Å². The van der Waals surface area contributed by atoms with Crippen molar-refractivity contribution in [3.8, 4) is 5.75 Å². The van der Waals surface area contributed by atoms with E-state index in [9.17, 15) is 9.59 Å². The number of ether oxygens (including phenoxy) is 1. The summed E-state index contributed by atoms with van der Waals surface area (Å²) in [6, 6.07) is 20.4. The van der Waals surface area contributed by atoms with Gasteiger partial charge in [-0.3, -0.25) is 4.79 Å². The van der Waals surface area contributed by atoms with Crippen LogP contribution in [-0.2, 0) is 11.2 Å². The quantitative estimate of drug-likeness (QED) is 0.235. The fourth-order valence-electron chi connectivity index (χ4n) is 2.98. The summed E-state index contributed by atoms with van der Waals surface area (Å²) in [4.78, 5) is 23.9. The molecule has 0 radical (unpaired) electrons. The van der Waals surface area contributed by atoms with E-state index in [0.29, 0.717) is 38.3 Å². The van der Waals surface area contributed by atoms with E-state index in [-0.39, 0.29) is 6.42 Å². The molecular formula is C23H15Cl2NO4. The molecule has 0 atom stereocenters. The summed E-state index contributed by atoms with van der Waals surface area (Å²) in [5.74, 6) is -0.173. The van der Waals surface area contributed by atoms with E-state index in [4.69, 9.17) is 32.4 Å². The fraction of sp³-hybridized carbons (Fsp3) is 0.0435. The van der Waals surface area contributed by atoms with Gasteiger partial charge in [0.15, 0.2) is 0 Å². The molecule has 1 heterocycles. The Labute approximate surface area is 181 Å². The second kappa shape index (κ2) is 8.61. The first-order valence-corrected chi connectivity index (χ1v) is 9.79. The largest absolute Gasteiger partial charge is 0.426 e. The van der Waals surface area contributed by atoms with Crippen LogP contribution in [0.2, 0.25) is 10.0 Å². The molecule has 0 saturated carbocycles. The van der Waals surface area contributed by atoms with Crippen LogP contribution in [0.4, 0.5) is 11.4 Å². The number of fused-ring (bicyclic) bond motifs is 1. The number of anilines is 2. The Morgan fingerprint density at radius 2 is 1.67 bits per heavy atom. The molecule has 0 fully saturated rings. The molecule has 1 aromatic heterocycles. The van der Waals surface area contributed by atoms with Gasteiger partial charge >= 0.3 is 11.6 Å². The number of hydrogen-bond donors (Lipinski definition) is 1. The molecule has 5 nitrogen and oxygen atoms in total. The Bertz CT molecular complexity index is 1280. The third-order valence-corrected chi connectivity index (χ3v) is 5.03. The number of nitrogens with one attached hydrogen (secondary N) is 1. The monoisotopic (exact) mass is 439 g/mol. The molecule has 0 aliphatic carbocycles. The minimum absolute atomic E-state index is 0.0159. The topological polar surface area (TPSA) is 68.5 Å². The molecule has 0 aliphatic rings. The van der Waals surface area contributed by atoms with Crippen molar-refractivity contribution >= 4 is 51.5 Å². The average molecular weight is 440 g/mol. The van der Waals surface area contributed by atoms with Gasteiger partial charge in [-0.25, -0.2) is 4.79 Å². The normalized spacial score (nSPS) is 10.7. The lowest BCUT2D eigenvalue weighted by molar-refractivity contribution is -0.133. The molecule has 30 heavy (non-hydrogen) atoms. The predicted octanol–water partition coefficient (Wildman–Crippen LogP) is 5.99. The maximum atomic E-state index is 12.5. The van der Waals surface area contributed by atoms with Gasteiger partial charge in [0, 0.05) is 23.2 Å². The van der Waals surface area contributed by atoms with Gasteiger partial charge in [-0.1, -0.05) is 47.5 Å². The molecule has 0 saturated heterocycles. The van der Waals surface area contributed by atoms with Gasteiger partial charge in [0.1, 0.15) is 11.3 Å². The molecule has 0 aliphatic heterocycles. The maximum Gasteiger partial charge on any atom is 0.336 e. The van der Waals surface area contributed by atoms with E-state index in [0.717, 1.165) is 5.39 Å². The molecule has 4 rings (SSSR count). The first kappa shape index (κ1) is 20.0. The maximum absolute atomic E-state index is 12.5.